The molecule has 3 rings (SSSR count). The summed E-state index contributed by atoms with van der Waals surface area (Å²) in [4.78, 5) is 0. The molecule has 0 aromatic heterocycles. The summed E-state index contributed by atoms with van der Waals surface area (Å²) in [5, 5.41) is 30.6. The number of aliphatic hydroxyl groups excluding tert-OH is 2. The molecule has 200 valence electrons. The second-order valence-electron chi connectivity index (χ2n) is 12.1. The molecule has 3 saturated carbocycles. The Morgan fingerprint density at radius 2 is 1.86 bits per heavy atom. The minimum absolute atomic E-state index is 0.119. The third kappa shape index (κ3) is 6.45. The van der Waals surface area contributed by atoms with Gasteiger partial charge >= 0.3 is 0 Å². The summed E-state index contributed by atoms with van der Waals surface area (Å²) in [6.45, 7) is 12.1. The lowest BCUT2D eigenvalue weighted by molar-refractivity contribution is -0.100. The molecule has 0 amide bonds. The number of hydrogen-bond donors (Lipinski definition) is 3. The lowest BCUT2D eigenvalue weighted by Crippen LogP contribution is -2.38. The van der Waals surface area contributed by atoms with Crippen LogP contribution in [0.4, 0.5) is 8.78 Å². The molecular weight excluding hydrogens is 446 g/mol. The van der Waals surface area contributed by atoms with Crippen molar-refractivity contribution >= 4 is 0 Å². The van der Waals surface area contributed by atoms with Crippen molar-refractivity contribution in [3.63, 3.8) is 0 Å². The molecule has 0 saturated heterocycles. The number of allylic oxidation sites excluding steroid dienone is 3. The van der Waals surface area contributed by atoms with Crippen LogP contribution in [0.25, 0.3) is 0 Å². The minimum atomic E-state index is -2.84. The monoisotopic (exact) mass is 494 g/mol. The fourth-order valence-electron chi connectivity index (χ4n) is 7.39. The highest BCUT2D eigenvalue weighted by atomic mass is 19.3. The van der Waals surface area contributed by atoms with Crippen LogP contribution in [0.2, 0.25) is 0 Å². The van der Waals surface area contributed by atoms with Gasteiger partial charge in [-0.3, -0.25) is 0 Å². The summed E-state index contributed by atoms with van der Waals surface area (Å²) in [7, 11) is 0. The zero-order valence-electron chi connectivity index (χ0n) is 22.3. The number of fused-ring (bicyclic) bond motifs is 1. The Morgan fingerprint density at radius 3 is 2.51 bits per heavy atom. The van der Waals surface area contributed by atoms with E-state index in [1.54, 1.807) is 13.8 Å². The maximum absolute atomic E-state index is 14.8. The second-order valence-corrected chi connectivity index (χ2v) is 12.1. The normalized spacial score (nSPS) is 35.5. The lowest BCUT2D eigenvalue weighted by atomic mass is 9.60. The van der Waals surface area contributed by atoms with Crippen LogP contribution in [0, 0.1) is 23.2 Å². The average molecular weight is 495 g/mol. The maximum atomic E-state index is 14.8. The number of alkyl halides is 2. The largest absolute Gasteiger partial charge is 0.393 e. The average Bonchev–Trinajstić information content (AvgIpc) is 3.16. The smallest absolute Gasteiger partial charge is 0.250 e. The van der Waals surface area contributed by atoms with E-state index in [0.29, 0.717) is 49.5 Å². The van der Waals surface area contributed by atoms with E-state index < -0.39 is 30.2 Å². The molecule has 5 heteroatoms. The quantitative estimate of drug-likeness (QED) is 0.320. The molecule has 35 heavy (non-hydrogen) atoms. The van der Waals surface area contributed by atoms with Crippen molar-refractivity contribution in [1.29, 1.82) is 0 Å². The number of rotatable bonds is 9. The molecule has 0 aliphatic heterocycles. The highest BCUT2D eigenvalue weighted by molar-refractivity contribution is 5.38. The van der Waals surface area contributed by atoms with E-state index in [9.17, 15) is 24.1 Å². The van der Waals surface area contributed by atoms with Crippen LogP contribution in [0.15, 0.2) is 35.5 Å². The van der Waals surface area contributed by atoms with Crippen molar-refractivity contribution in [1.82, 2.24) is 0 Å². The molecule has 3 N–H and O–H groups in total. The van der Waals surface area contributed by atoms with Gasteiger partial charge in [0.05, 0.1) is 17.8 Å². The summed E-state index contributed by atoms with van der Waals surface area (Å²) in [6.07, 6.45) is 9.96. The zero-order chi connectivity index (χ0) is 26.0. The van der Waals surface area contributed by atoms with Crippen LogP contribution in [0.3, 0.4) is 0 Å². The fraction of sp³-hybridized carbons (Fsp3) is 0.800. The van der Waals surface area contributed by atoms with Gasteiger partial charge in [-0.15, -0.1) is 0 Å². The fourth-order valence-corrected chi connectivity index (χ4v) is 7.39. The number of halogens is 2. The van der Waals surface area contributed by atoms with Gasteiger partial charge in [-0.1, -0.05) is 52.0 Å². The first-order valence-electron chi connectivity index (χ1n) is 13.9. The van der Waals surface area contributed by atoms with E-state index in [4.69, 9.17) is 0 Å². The van der Waals surface area contributed by atoms with E-state index in [1.165, 1.54) is 5.57 Å². The van der Waals surface area contributed by atoms with E-state index in [2.05, 4.69) is 32.6 Å². The van der Waals surface area contributed by atoms with Gasteiger partial charge in [-0.05, 0) is 92.1 Å². The summed E-state index contributed by atoms with van der Waals surface area (Å²) in [5.41, 5.74) is 1.91. The van der Waals surface area contributed by atoms with Crippen molar-refractivity contribution in [3.8, 4) is 0 Å². The first-order chi connectivity index (χ1) is 16.3. The summed E-state index contributed by atoms with van der Waals surface area (Å²) in [6, 6.07) is 0. The Labute approximate surface area is 211 Å². The summed E-state index contributed by atoms with van der Waals surface area (Å²) >= 11 is 0. The van der Waals surface area contributed by atoms with Crippen molar-refractivity contribution in [3.05, 3.63) is 35.5 Å². The molecule has 0 spiro atoms. The molecule has 0 aromatic rings. The maximum Gasteiger partial charge on any atom is 0.250 e. The topological polar surface area (TPSA) is 60.7 Å². The molecule has 0 bridgehead atoms. The third-order valence-corrected chi connectivity index (χ3v) is 9.86. The predicted octanol–water partition coefficient (Wildman–Crippen LogP) is 7.12. The molecule has 3 aliphatic carbocycles. The van der Waals surface area contributed by atoms with Crippen molar-refractivity contribution in [2.24, 2.45) is 23.2 Å². The van der Waals surface area contributed by atoms with Crippen molar-refractivity contribution < 1.29 is 24.1 Å². The van der Waals surface area contributed by atoms with Crippen molar-refractivity contribution in [2.75, 3.05) is 0 Å². The van der Waals surface area contributed by atoms with Gasteiger partial charge in [0.2, 0.25) is 0 Å². The standard InChI is InChI=1S/C30H48F2O3/c1-6-29(35,7-2)19-30(31,32)16-14-20(3)25-12-13-26-22(9-8-15-28(25,26)5)10-11-23-17-24(33)18-27(34)21(23)4/h10-11,20,24-27,33-35H,4,6-9,12-19H2,1-3,5H3/b22-10+,23-11+/t20-,24-,25-,26+,27+,28-/m1/s1. The number of hydrogen-bond acceptors (Lipinski definition) is 3. The zero-order valence-corrected chi connectivity index (χ0v) is 22.3. The number of aliphatic hydroxyl groups is 3. The first kappa shape index (κ1) is 28.5. The van der Waals surface area contributed by atoms with E-state index in [0.717, 1.165) is 37.7 Å². The van der Waals surface area contributed by atoms with E-state index in [-0.39, 0.29) is 17.8 Å². The molecule has 6 atom stereocenters. The van der Waals surface area contributed by atoms with Crippen molar-refractivity contribution in [2.45, 2.75) is 128 Å². The Hall–Kier alpha value is -1.04. The Kier molecular flexibility index (Phi) is 9.09. The molecular formula is C30H48F2O3. The summed E-state index contributed by atoms with van der Waals surface area (Å²) < 4.78 is 29.6. The third-order valence-electron chi connectivity index (χ3n) is 9.86. The van der Waals surface area contributed by atoms with Gasteiger partial charge in [-0.2, -0.15) is 0 Å². The highest BCUT2D eigenvalue weighted by Gasteiger charge is 2.51. The van der Waals surface area contributed by atoms with Crippen LogP contribution < -0.4 is 0 Å². The second kappa shape index (κ2) is 11.1. The van der Waals surface area contributed by atoms with Gasteiger partial charge in [0, 0.05) is 19.3 Å². The van der Waals surface area contributed by atoms with E-state index in [1.807, 2.05) is 0 Å². The predicted molar refractivity (Wildman–Crippen MR) is 138 cm³/mol. The van der Waals surface area contributed by atoms with Gasteiger partial charge in [-0.25, -0.2) is 8.78 Å². The van der Waals surface area contributed by atoms with Gasteiger partial charge in [0.1, 0.15) is 0 Å². The lowest BCUT2D eigenvalue weighted by Gasteiger charge is -2.44. The van der Waals surface area contributed by atoms with Crippen LogP contribution in [0.5, 0.6) is 0 Å². The Morgan fingerprint density at radius 1 is 1.17 bits per heavy atom. The van der Waals surface area contributed by atoms with Crippen LogP contribution in [-0.4, -0.2) is 39.1 Å². The van der Waals surface area contributed by atoms with E-state index >= 15 is 0 Å². The highest BCUT2D eigenvalue weighted by Crippen LogP contribution is 2.60. The molecule has 0 aromatic carbocycles. The van der Waals surface area contributed by atoms with Gasteiger partial charge in [0.15, 0.2) is 0 Å². The molecule has 3 aliphatic rings. The molecule has 0 radical (unpaired) electrons. The molecule has 0 unspecified atom stereocenters. The van der Waals surface area contributed by atoms with Crippen LogP contribution >= 0.6 is 0 Å². The summed E-state index contributed by atoms with van der Waals surface area (Å²) in [5.74, 6) is -1.74. The SMILES string of the molecule is C=C1/C(=C/C=C2\CCC[C@]3(C)[C@@H]([C@H](C)CCC(F)(F)CC(O)(CC)CC)CC[C@@H]23)C[C@@H](O)C[C@@H]1O. The van der Waals surface area contributed by atoms with Crippen LogP contribution in [-0.2, 0) is 0 Å². The molecule has 0 heterocycles. The van der Waals surface area contributed by atoms with Gasteiger partial charge in [0.25, 0.3) is 5.92 Å². The van der Waals surface area contributed by atoms with Crippen LogP contribution in [0.1, 0.15) is 105 Å². The Balaban J connectivity index is 1.68. The molecule has 3 nitrogen and oxygen atoms in total. The first-order valence-corrected chi connectivity index (χ1v) is 13.9. The molecule has 3 fully saturated rings. The Bertz CT molecular complexity index is 812. The van der Waals surface area contributed by atoms with Gasteiger partial charge < -0.3 is 15.3 Å². The minimum Gasteiger partial charge on any atom is -0.393 e.